The molecule has 0 aromatic carbocycles. The van der Waals surface area contributed by atoms with Crippen LogP contribution in [0.15, 0.2) is 6.07 Å². The average molecular weight is 403 g/mol. The summed E-state index contributed by atoms with van der Waals surface area (Å²) in [5.41, 5.74) is 12.7. The highest BCUT2D eigenvalue weighted by atomic mass is 35.5. The number of anilines is 2. The van der Waals surface area contributed by atoms with Gasteiger partial charge in [0.2, 0.25) is 11.9 Å². The second-order valence-corrected chi connectivity index (χ2v) is 7.38. The fourth-order valence-corrected chi connectivity index (χ4v) is 4.23. The fraction of sp³-hybridized carbons (Fsp3) is 0.706. The van der Waals surface area contributed by atoms with Gasteiger partial charge in [-0.2, -0.15) is 4.98 Å². The summed E-state index contributed by atoms with van der Waals surface area (Å²) in [6, 6.07) is 2.71. The Morgan fingerprint density at radius 3 is 2.38 bits per heavy atom. The van der Waals surface area contributed by atoms with E-state index in [0.29, 0.717) is 18.5 Å². The van der Waals surface area contributed by atoms with Crippen molar-refractivity contribution in [3.63, 3.8) is 0 Å². The Balaban J connectivity index is 0.00000121. The quantitative estimate of drug-likeness (QED) is 0.797. The van der Waals surface area contributed by atoms with E-state index in [1.165, 1.54) is 12.8 Å². The minimum absolute atomic E-state index is 0. The van der Waals surface area contributed by atoms with Crippen molar-refractivity contribution in [3.8, 4) is 0 Å². The summed E-state index contributed by atoms with van der Waals surface area (Å²) < 4.78 is 0. The van der Waals surface area contributed by atoms with Gasteiger partial charge in [-0.25, -0.2) is 4.98 Å². The molecular formula is C17H28Cl2N6O. The lowest BCUT2D eigenvalue weighted by Crippen LogP contribution is -2.53. The lowest BCUT2D eigenvalue weighted by atomic mass is 9.78. The van der Waals surface area contributed by atoms with Crippen LogP contribution in [0.3, 0.4) is 0 Å². The summed E-state index contributed by atoms with van der Waals surface area (Å²) in [7, 11) is 0. The van der Waals surface area contributed by atoms with Gasteiger partial charge in [0.25, 0.3) is 0 Å². The van der Waals surface area contributed by atoms with Crippen molar-refractivity contribution in [2.24, 2.45) is 5.73 Å². The first-order chi connectivity index (χ1) is 11.6. The minimum Gasteiger partial charge on any atom is -0.368 e. The molecule has 2 saturated carbocycles. The first kappa shape index (κ1) is 21.0. The van der Waals surface area contributed by atoms with Gasteiger partial charge in [0.05, 0.1) is 12.2 Å². The molecule has 1 amide bonds. The molecule has 4 N–H and O–H groups in total. The summed E-state index contributed by atoms with van der Waals surface area (Å²) in [5.74, 6) is 1.64. The molecule has 7 nitrogen and oxygen atoms in total. The number of carbonyl (C=O) groups is 1. The highest BCUT2D eigenvalue weighted by molar-refractivity contribution is 5.85. The second-order valence-electron chi connectivity index (χ2n) is 7.38. The molecule has 1 aromatic rings. The van der Waals surface area contributed by atoms with Crippen molar-refractivity contribution in [1.82, 2.24) is 14.9 Å². The molecule has 2 heterocycles. The van der Waals surface area contributed by atoms with E-state index >= 15 is 0 Å². The average Bonchev–Trinajstić information content (AvgIpc) is 3.05. The number of nitrogens with two attached hydrogens (primary N) is 2. The van der Waals surface area contributed by atoms with Gasteiger partial charge in [0.15, 0.2) is 0 Å². The van der Waals surface area contributed by atoms with Crippen molar-refractivity contribution in [2.75, 3.05) is 30.3 Å². The first-order valence-electron chi connectivity index (χ1n) is 9.04. The van der Waals surface area contributed by atoms with Crippen LogP contribution < -0.4 is 16.4 Å². The van der Waals surface area contributed by atoms with Crippen molar-refractivity contribution in [2.45, 2.75) is 56.5 Å². The molecular weight excluding hydrogens is 375 g/mol. The van der Waals surface area contributed by atoms with E-state index in [4.69, 9.17) is 11.5 Å². The first-order valence-corrected chi connectivity index (χ1v) is 9.04. The van der Waals surface area contributed by atoms with Crippen molar-refractivity contribution in [3.05, 3.63) is 11.8 Å². The van der Waals surface area contributed by atoms with E-state index in [0.717, 1.165) is 50.3 Å². The second kappa shape index (κ2) is 8.59. The molecule has 26 heavy (non-hydrogen) atoms. The molecule has 0 bridgehead atoms. The standard InChI is InChI=1S/C17H26N6O.2ClH/c18-12-7-11(8-12)14-9-15(21-17(19)20-14)22-5-6-23(16(24)10-22)13-3-1-2-4-13;;/h9,11-13H,1-8,10,18H2,(H2,19,20,21);2*1H. The number of rotatable bonds is 3. The maximum atomic E-state index is 12.6. The number of piperazine rings is 1. The molecule has 1 saturated heterocycles. The summed E-state index contributed by atoms with van der Waals surface area (Å²) in [6.45, 7) is 1.97. The zero-order valence-electron chi connectivity index (χ0n) is 14.8. The van der Waals surface area contributed by atoms with Gasteiger partial charge in [-0.1, -0.05) is 12.8 Å². The topological polar surface area (TPSA) is 101 Å². The van der Waals surface area contributed by atoms with Crippen molar-refractivity contribution < 1.29 is 4.79 Å². The molecule has 2 aliphatic carbocycles. The van der Waals surface area contributed by atoms with Gasteiger partial charge < -0.3 is 21.3 Å². The van der Waals surface area contributed by atoms with Crippen molar-refractivity contribution >= 4 is 42.5 Å². The number of aromatic nitrogens is 2. The zero-order chi connectivity index (χ0) is 16.7. The number of nitrogens with zero attached hydrogens (tertiary/aromatic N) is 4. The molecule has 0 radical (unpaired) electrons. The van der Waals surface area contributed by atoms with Crippen LogP contribution >= 0.6 is 24.8 Å². The van der Waals surface area contributed by atoms with Crippen LogP contribution in [0.4, 0.5) is 11.8 Å². The fourth-order valence-electron chi connectivity index (χ4n) is 4.23. The highest BCUT2D eigenvalue weighted by Crippen LogP contribution is 2.36. The Kier molecular flexibility index (Phi) is 6.93. The van der Waals surface area contributed by atoms with E-state index in [1.54, 1.807) is 0 Å². The predicted octanol–water partition coefficient (Wildman–Crippen LogP) is 1.70. The molecule has 4 rings (SSSR count). The largest absolute Gasteiger partial charge is 0.368 e. The maximum Gasteiger partial charge on any atom is 0.242 e. The Morgan fingerprint density at radius 2 is 1.77 bits per heavy atom. The third-order valence-electron chi connectivity index (χ3n) is 5.69. The third-order valence-corrected chi connectivity index (χ3v) is 5.69. The number of carbonyl (C=O) groups excluding carboxylic acids is 1. The maximum absolute atomic E-state index is 12.6. The van der Waals surface area contributed by atoms with E-state index in [9.17, 15) is 4.79 Å². The molecule has 9 heteroatoms. The molecule has 146 valence electrons. The summed E-state index contributed by atoms with van der Waals surface area (Å²) in [6.07, 6.45) is 6.69. The van der Waals surface area contributed by atoms with E-state index in [-0.39, 0.29) is 42.7 Å². The smallest absolute Gasteiger partial charge is 0.242 e. The van der Waals surface area contributed by atoms with E-state index in [1.807, 2.05) is 11.0 Å². The molecule has 0 unspecified atom stereocenters. The van der Waals surface area contributed by atoms with Crippen LogP contribution in [0, 0.1) is 0 Å². The third kappa shape index (κ3) is 4.15. The Labute approximate surface area is 166 Å². The van der Waals surface area contributed by atoms with Crippen LogP contribution in [-0.2, 0) is 4.79 Å². The van der Waals surface area contributed by atoms with E-state index in [2.05, 4.69) is 14.9 Å². The van der Waals surface area contributed by atoms with Gasteiger partial charge in [-0.15, -0.1) is 24.8 Å². The molecule has 0 atom stereocenters. The summed E-state index contributed by atoms with van der Waals surface area (Å²) >= 11 is 0. The van der Waals surface area contributed by atoms with Crippen LogP contribution in [0.1, 0.15) is 50.1 Å². The Morgan fingerprint density at radius 1 is 1.08 bits per heavy atom. The lowest BCUT2D eigenvalue weighted by molar-refractivity contribution is -0.133. The van der Waals surface area contributed by atoms with Gasteiger partial charge in [-0.05, 0) is 25.7 Å². The molecule has 3 aliphatic rings. The summed E-state index contributed by atoms with van der Waals surface area (Å²) in [5, 5.41) is 0. The van der Waals surface area contributed by atoms with Crippen LogP contribution in [0.2, 0.25) is 0 Å². The highest BCUT2D eigenvalue weighted by Gasteiger charge is 2.33. The van der Waals surface area contributed by atoms with Gasteiger partial charge >= 0.3 is 0 Å². The predicted molar refractivity (Wildman–Crippen MR) is 107 cm³/mol. The monoisotopic (exact) mass is 402 g/mol. The van der Waals surface area contributed by atoms with Gasteiger partial charge in [0.1, 0.15) is 5.82 Å². The normalized spacial score (nSPS) is 26.1. The summed E-state index contributed by atoms with van der Waals surface area (Å²) in [4.78, 5) is 25.4. The van der Waals surface area contributed by atoms with E-state index < -0.39 is 0 Å². The molecule has 0 spiro atoms. The molecule has 1 aromatic heterocycles. The van der Waals surface area contributed by atoms with Crippen LogP contribution in [-0.4, -0.2) is 52.5 Å². The minimum atomic E-state index is 0. The van der Waals surface area contributed by atoms with Crippen LogP contribution in [0.5, 0.6) is 0 Å². The number of hydrogen-bond donors (Lipinski definition) is 2. The number of amides is 1. The van der Waals surface area contributed by atoms with Gasteiger partial charge in [0, 0.05) is 37.2 Å². The Bertz CT molecular complexity index is 634. The Hall–Kier alpha value is -1.31. The van der Waals surface area contributed by atoms with Crippen LogP contribution in [0.25, 0.3) is 0 Å². The number of nitrogen functional groups attached to an aromatic ring is 1. The SMILES string of the molecule is Cl.Cl.Nc1nc(C2CC(N)C2)cc(N2CCN(C3CCCC3)C(=O)C2)n1. The number of hydrogen-bond acceptors (Lipinski definition) is 6. The zero-order valence-corrected chi connectivity index (χ0v) is 16.5. The number of halogens is 2. The lowest BCUT2D eigenvalue weighted by Gasteiger charge is -2.38. The molecule has 3 fully saturated rings. The van der Waals surface area contributed by atoms with Gasteiger partial charge in [-0.3, -0.25) is 4.79 Å². The molecule has 1 aliphatic heterocycles. The van der Waals surface area contributed by atoms with Crippen molar-refractivity contribution in [1.29, 1.82) is 0 Å².